The van der Waals surface area contributed by atoms with Crippen LogP contribution in [0.15, 0.2) is 24.3 Å². The number of carbonyl (C=O) groups is 1. The van der Waals surface area contributed by atoms with Crippen LogP contribution in [0.25, 0.3) is 10.2 Å². The Hall–Kier alpha value is -1.86. The third-order valence-electron chi connectivity index (χ3n) is 2.60. The van der Waals surface area contributed by atoms with E-state index in [2.05, 4.69) is 10.3 Å². The minimum atomic E-state index is -0.733. The zero-order chi connectivity index (χ0) is 14.3. The number of aryl methyl sites for hydroxylation is 1. The number of hydrogen-bond acceptors (Lipinski definition) is 4. The van der Waals surface area contributed by atoms with Gasteiger partial charge in [0.15, 0.2) is 10.9 Å². The highest BCUT2D eigenvalue weighted by Crippen LogP contribution is 2.29. The topological polar surface area (TPSA) is 42.0 Å². The van der Waals surface area contributed by atoms with E-state index in [0.717, 1.165) is 22.3 Å². The predicted molar refractivity (Wildman–Crippen MR) is 76.5 cm³/mol. The number of benzene rings is 1. The standard InChI is InChI=1S/C13H8F2N2OS2/c1-6-2-3-9(19-6)12(18)17-13-16-11-8(15)4-7(14)5-10(11)20-13/h2-5H,1H3,(H,16,17,18). The van der Waals surface area contributed by atoms with Crippen molar-refractivity contribution in [1.29, 1.82) is 0 Å². The Kier molecular flexibility index (Phi) is 3.23. The fourth-order valence-electron chi connectivity index (χ4n) is 1.73. The number of fused-ring (bicyclic) bond motifs is 1. The van der Waals surface area contributed by atoms with Crippen molar-refractivity contribution in [3.63, 3.8) is 0 Å². The van der Waals surface area contributed by atoms with Crippen molar-refractivity contribution in [2.45, 2.75) is 6.92 Å². The lowest BCUT2D eigenvalue weighted by molar-refractivity contribution is 0.103. The molecule has 1 amide bonds. The highest BCUT2D eigenvalue weighted by molar-refractivity contribution is 7.22. The first-order chi connectivity index (χ1) is 9.52. The maximum absolute atomic E-state index is 13.5. The summed E-state index contributed by atoms with van der Waals surface area (Å²) in [6, 6.07) is 5.52. The molecule has 0 radical (unpaired) electrons. The number of aromatic nitrogens is 1. The lowest BCUT2D eigenvalue weighted by Gasteiger charge is -1.97. The van der Waals surface area contributed by atoms with E-state index in [4.69, 9.17) is 0 Å². The van der Waals surface area contributed by atoms with Gasteiger partial charge < -0.3 is 0 Å². The number of carbonyl (C=O) groups excluding carboxylic acids is 1. The van der Waals surface area contributed by atoms with E-state index in [1.165, 1.54) is 17.4 Å². The van der Waals surface area contributed by atoms with E-state index in [1.807, 2.05) is 13.0 Å². The van der Waals surface area contributed by atoms with E-state index >= 15 is 0 Å². The third kappa shape index (κ3) is 2.41. The number of nitrogens with one attached hydrogen (secondary N) is 1. The van der Waals surface area contributed by atoms with Gasteiger partial charge in [0.2, 0.25) is 0 Å². The van der Waals surface area contributed by atoms with Gasteiger partial charge in [0.1, 0.15) is 11.3 Å². The quantitative estimate of drug-likeness (QED) is 0.771. The van der Waals surface area contributed by atoms with Gasteiger partial charge in [0.05, 0.1) is 9.58 Å². The summed E-state index contributed by atoms with van der Waals surface area (Å²) in [5.74, 6) is -1.70. The van der Waals surface area contributed by atoms with Crippen molar-refractivity contribution in [2.24, 2.45) is 0 Å². The van der Waals surface area contributed by atoms with E-state index in [1.54, 1.807) is 6.07 Å². The first kappa shape index (κ1) is 13.1. The number of thiazole rings is 1. The van der Waals surface area contributed by atoms with E-state index in [9.17, 15) is 13.6 Å². The smallest absolute Gasteiger partial charge is 0.267 e. The molecule has 3 aromatic rings. The van der Waals surface area contributed by atoms with Crippen molar-refractivity contribution in [2.75, 3.05) is 5.32 Å². The van der Waals surface area contributed by atoms with Crippen molar-refractivity contribution >= 4 is 43.9 Å². The Morgan fingerprint density at radius 1 is 1.25 bits per heavy atom. The average molecular weight is 310 g/mol. The molecular formula is C13H8F2N2OS2. The molecule has 3 nitrogen and oxygen atoms in total. The average Bonchev–Trinajstić information content (AvgIpc) is 2.95. The molecule has 0 spiro atoms. The van der Waals surface area contributed by atoms with E-state index < -0.39 is 11.6 Å². The highest BCUT2D eigenvalue weighted by atomic mass is 32.1. The summed E-state index contributed by atoms with van der Waals surface area (Å²) in [6.45, 7) is 1.90. The molecule has 1 aromatic carbocycles. The molecule has 0 aliphatic rings. The summed E-state index contributed by atoms with van der Waals surface area (Å²) >= 11 is 2.40. The summed E-state index contributed by atoms with van der Waals surface area (Å²) in [5, 5.41) is 2.85. The Bertz CT molecular complexity index is 810. The number of rotatable bonds is 2. The molecule has 1 N–H and O–H groups in total. The van der Waals surface area contributed by atoms with Crippen molar-refractivity contribution in [1.82, 2.24) is 4.98 Å². The van der Waals surface area contributed by atoms with Gasteiger partial charge in [0, 0.05) is 10.9 Å². The van der Waals surface area contributed by atoms with Crippen LogP contribution in [0.3, 0.4) is 0 Å². The van der Waals surface area contributed by atoms with Crippen LogP contribution >= 0.6 is 22.7 Å². The Balaban J connectivity index is 1.91. The molecule has 0 aliphatic carbocycles. The number of hydrogen-bond donors (Lipinski definition) is 1. The van der Waals surface area contributed by atoms with Gasteiger partial charge in [-0.25, -0.2) is 13.8 Å². The van der Waals surface area contributed by atoms with Gasteiger partial charge in [-0.15, -0.1) is 11.3 Å². The Morgan fingerprint density at radius 3 is 2.75 bits per heavy atom. The molecule has 20 heavy (non-hydrogen) atoms. The van der Waals surface area contributed by atoms with Crippen LogP contribution in [-0.4, -0.2) is 10.9 Å². The zero-order valence-corrected chi connectivity index (χ0v) is 11.9. The minimum absolute atomic E-state index is 0.0639. The van der Waals surface area contributed by atoms with Crippen molar-refractivity contribution in [3.8, 4) is 0 Å². The normalized spacial score (nSPS) is 10.9. The van der Waals surface area contributed by atoms with Crippen LogP contribution in [-0.2, 0) is 0 Å². The molecule has 7 heteroatoms. The van der Waals surface area contributed by atoms with Gasteiger partial charge in [-0.3, -0.25) is 10.1 Å². The fraction of sp³-hybridized carbons (Fsp3) is 0.0769. The molecule has 0 bridgehead atoms. The Morgan fingerprint density at radius 2 is 2.05 bits per heavy atom. The zero-order valence-electron chi connectivity index (χ0n) is 10.2. The predicted octanol–water partition coefficient (Wildman–Crippen LogP) is 4.20. The summed E-state index contributed by atoms with van der Waals surface area (Å²) in [7, 11) is 0. The number of anilines is 1. The SMILES string of the molecule is Cc1ccc(C(=O)Nc2nc3c(F)cc(F)cc3s2)s1. The first-order valence-corrected chi connectivity index (χ1v) is 7.29. The molecule has 0 saturated carbocycles. The van der Waals surface area contributed by atoms with Gasteiger partial charge >= 0.3 is 0 Å². The lowest BCUT2D eigenvalue weighted by Crippen LogP contribution is -2.09. The van der Waals surface area contributed by atoms with E-state index in [0.29, 0.717) is 9.58 Å². The first-order valence-electron chi connectivity index (χ1n) is 5.66. The third-order valence-corrected chi connectivity index (χ3v) is 4.52. The molecule has 2 aromatic heterocycles. The molecule has 0 aliphatic heterocycles. The van der Waals surface area contributed by atoms with Gasteiger partial charge in [-0.2, -0.15) is 0 Å². The molecular weight excluding hydrogens is 302 g/mol. The molecule has 0 atom stereocenters. The number of nitrogens with zero attached hydrogens (tertiary/aromatic N) is 1. The van der Waals surface area contributed by atoms with Crippen LogP contribution < -0.4 is 5.32 Å². The van der Waals surface area contributed by atoms with E-state index in [-0.39, 0.29) is 16.6 Å². The summed E-state index contributed by atoms with van der Waals surface area (Å²) in [6.07, 6.45) is 0. The van der Waals surface area contributed by atoms with Crippen LogP contribution in [0.4, 0.5) is 13.9 Å². The van der Waals surface area contributed by atoms with Gasteiger partial charge in [-0.05, 0) is 25.1 Å². The molecule has 0 unspecified atom stereocenters. The van der Waals surface area contributed by atoms with Crippen LogP contribution in [0, 0.1) is 18.6 Å². The van der Waals surface area contributed by atoms with Crippen molar-refractivity contribution in [3.05, 3.63) is 45.7 Å². The summed E-state index contributed by atoms with van der Waals surface area (Å²) in [5.41, 5.74) is 0.0639. The van der Waals surface area contributed by atoms with Crippen LogP contribution in [0.1, 0.15) is 14.5 Å². The maximum Gasteiger partial charge on any atom is 0.267 e. The monoisotopic (exact) mass is 310 g/mol. The number of thiophene rings is 1. The maximum atomic E-state index is 13.5. The molecule has 102 valence electrons. The van der Waals surface area contributed by atoms with Crippen LogP contribution in [0.2, 0.25) is 0 Å². The molecule has 0 saturated heterocycles. The second kappa shape index (κ2) is 4.92. The second-order valence-electron chi connectivity index (χ2n) is 4.12. The van der Waals surface area contributed by atoms with Crippen LogP contribution in [0.5, 0.6) is 0 Å². The number of amides is 1. The second-order valence-corrected chi connectivity index (χ2v) is 6.44. The van der Waals surface area contributed by atoms with Crippen molar-refractivity contribution < 1.29 is 13.6 Å². The minimum Gasteiger partial charge on any atom is -0.297 e. The molecule has 3 rings (SSSR count). The van der Waals surface area contributed by atoms with Gasteiger partial charge in [0.25, 0.3) is 5.91 Å². The fourth-order valence-corrected chi connectivity index (χ4v) is 3.39. The molecule has 2 heterocycles. The lowest BCUT2D eigenvalue weighted by atomic mass is 10.3. The van der Waals surface area contributed by atoms with Gasteiger partial charge in [-0.1, -0.05) is 11.3 Å². The molecule has 0 fully saturated rings. The number of halogens is 2. The highest BCUT2D eigenvalue weighted by Gasteiger charge is 2.14. The largest absolute Gasteiger partial charge is 0.297 e. The summed E-state index contributed by atoms with van der Waals surface area (Å²) in [4.78, 5) is 17.5. The Labute approximate surface area is 120 Å². The summed E-state index contributed by atoms with van der Waals surface area (Å²) < 4.78 is 27.0.